The van der Waals surface area contributed by atoms with E-state index in [9.17, 15) is 13.2 Å². The molecule has 31 heavy (non-hydrogen) atoms. The molecule has 1 amide bonds. The summed E-state index contributed by atoms with van der Waals surface area (Å²) in [4.78, 5) is 21.3. The fourth-order valence-electron chi connectivity index (χ4n) is 2.91. The highest BCUT2D eigenvalue weighted by Crippen LogP contribution is 2.16. The third-order valence-corrected chi connectivity index (χ3v) is 5.87. The number of sulfonamides is 1. The third-order valence-electron chi connectivity index (χ3n) is 4.40. The molecule has 0 fully saturated rings. The van der Waals surface area contributed by atoms with E-state index in [0.717, 1.165) is 17.0 Å². The fraction of sp³-hybridized carbons (Fsp3) is 0.227. The van der Waals surface area contributed by atoms with Crippen molar-refractivity contribution in [2.45, 2.75) is 25.7 Å². The highest BCUT2D eigenvalue weighted by atomic mass is 32.2. The molecule has 8 nitrogen and oxygen atoms in total. The zero-order chi connectivity index (χ0) is 22.4. The Bertz CT molecular complexity index is 1160. The van der Waals surface area contributed by atoms with Gasteiger partial charge >= 0.3 is 0 Å². The summed E-state index contributed by atoms with van der Waals surface area (Å²) in [7, 11) is -3.61. The molecule has 0 aliphatic rings. The SMILES string of the molecule is Cc1ccc(S(=O)(=O)NCCNC(=O)c2cccc(Nc3nc(C)cc(C)n3)c2)cc1. The summed E-state index contributed by atoms with van der Waals surface area (Å²) in [6.07, 6.45) is 0. The summed E-state index contributed by atoms with van der Waals surface area (Å²) >= 11 is 0. The topological polar surface area (TPSA) is 113 Å². The third kappa shape index (κ3) is 6.34. The lowest BCUT2D eigenvalue weighted by Gasteiger charge is -2.10. The number of anilines is 2. The molecule has 0 bridgehead atoms. The summed E-state index contributed by atoms with van der Waals surface area (Å²) in [6.45, 7) is 5.89. The van der Waals surface area contributed by atoms with Crippen LogP contribution in [0.3, 0.4) is 0 Å². The summed E-state index contributed by atoms with van der Waals surface area (Å²) in [5.41, 5.74) is 3.79. The van der Waals surface area contributed by atoms with Crippen LogP contribution in [0.25, 0.3) is 0 Å². The zero-order valence-corrected chi connectivity index (χ0v) is 18.5. The lowest BCUT2D eigenvalue weighted by atomic mass is 10.2. The number of nitrogens with zero attached hydrogens (tertiary/aromatic N) is 2. The van der Waals surface area contributed by atoms with Gasteiger partial charge in [-0.2, -0.15) is 0 Å². The first kappa shape index (κ1) is 22.4. The van der Waals surface area contributed by atoms with E-state index < -0.39 is 10.0 Å². The van der Waals surface area contributed by atoms with E-state index >= 15 is 0 Å². The van der Waals surface area contributed by atoms with Gasteiger partial charge < -0.3 is 10.6 Å². The molecule has 0 unspecified atom stereocenters. The second-order valence-corrected chi connectivity index (χ2v) is 8.91. The maximum Gasteiger partial charge on any atom is 0.251 e. The normalized spacial score (nSPS) is 11.2. The molecule has 1 aromatic heterocycles. The van der Waals surface area contributed by atoms with E-state index in [1.807, 2.05) is 32.9 Å². The first-order valence-corrected chi connectivity index (χ1v) is 11.3. The molecule has 0 saturated carbocycles. The molecule has 9 heteroatoms. The van der Waals surface area contributed by atoms with Crippen LogP contribution in [0.2, 0.25) is 0 Å². The number of benzene rings is 2. The van der Waals surface area contributed by atoms with Gasteiger partial charge in [0.2, 0.25) is 16.0 Å². The van der Waals surface area contributed by atoms with Crippen LogP contribution in [0.4, 0.5) is 11.6 Å². The quantitative estimate of drug-likeness (QED) is 0.465. The fourth-order valence-corrected chi connectivity index (χ4v) is 3.95. The maximum absolute atomic E-state index is 12.4. The highest BCUT2D eigenvalue weighted by Gasteiger charge is 2.13. The summed E-state index contributed by atoms with van der Waals surface area (Å²) in [5.74, 6) is 0.153. The highest BCUT2D eigenvalue weighted by molar-refractivity contribution is 7.89. The zero-order valence-electron chi connectivity index (χ0n) is 17.6. The minimum absolute atomic E-state index is 0.0797. The van der Waals surface area contributed by atoms with Gasteiger partial charge in [0.15, 0.2) is 0 Å². The molecule has 0 saturated heterocycles. The van der Waals surface area contributed by atoms with Crippen molar-refractivity contribution in [2.75, 3.05) is 18.4 Å². The van der Waals surface area contributed by atoms with E-state index in [1.165, 1.54) is 0 Å². The molecule has 0 radical (unpaired) electrons. The number of aromatic nitrogens is 2. The van der Waals surface area contributed by atoms with Crippen molar-refractivity contribution in [2.24, 2.45) is 0 Å². The van der Waals surface area contributed by atoms with Gasteiger partial charge in [-0.1, -0.05) is 23.8 Å². The molecule has 1 heterocycles. The molecule has 3 N–H and O–H groups in total. The number of nitrogens with one attached hydrogen (secondary N) is 3. The Balaban J connectivity index is 1.55. The van der Waals surface area contributed by atoms with Crippen molar-refractivity contribution < 1.29 is 13.2 Å². The van der Waals surface area contributed by atoms with Crippen molar-refractivity contribution in [3.63, 3.8) is 0 Å². The van der Waals surface area contributed by atoms with Crippen LogP contribution in [0.5, 0.6) is 0 Å². The second-order valence-electron chi connectivity index (χ2n) is 7.15. The Hall–Kier alpha value is -3.30. The van der Waals surface area contributed by atoms with Gasteiger partial charge in [-0.25, -0.2) is 23.1 Å². The standard InChI is InChI=1S/C22H25N5O3S/c1-15-7-9-20(10-8-15)31(29,30)24-12-11-23-21(28)18-5-4-6-19(14-18)27-22-25-16(2)13-17(3)26-22/h4-10,13-14,24H,11-12H2,1-3H3,(H,23,28)(H,25,26,27). The van der Waals surface area contributed by atoms with Crippen molar-refractivity contribution in [3.8, 4) is 0 Å². The van der Waals surface area contributed by atoms with Gasteiger partial charge in [0, 0.05) is 35.7 Å². The van der Waals surface area contributed by atoms with E-state index in [-0.39, 0.29) is 23.9 Å². The Morgan fingerprint density at radius 3 is 2.26 bits per heavy atom. The Labute approximate surface area is 182 Å². The van der Waals surface area contributed by atoms with Gasteiger partial charge in [0.1, 0.15) is 0 Å². The Morgan fingerprint density at radius 2 is 1.58 bits per heavy atom. The van der Waals surface area contributed by atoms with Crippen LogP contribution in [0, 0.1) is 20.8 Å². The minimum Gasteiger partial charge on any atom is -0.351 e. The molecular weight excluding hydrogens is 414 g/mol. The largest absolute Gasteiger partial charge is 0.351 e. The van der Waals surface area contributed by atoms with Crippen LogP contribution in [-0.2, 0) is 10.0 Å². The van der Waals surface area contributed by atoms with Crippen molar-refractivity contribution in [3.05, 3.63) is 77.1 Å². The number of carbonyl (C=O) groups excluding carboxylic acids is 1. The van der Waals surface area contributed by atoms with Gasteiger partial charge in [0.25, 0.3) is 5.91 Å². The average molecular weight is 440 g/mol. The summed E-state index contributed by atoms with van der Waals surface area (Å²) in [6, 6.07) is 15.4. The van der Waals surface area contributed by atoms with Crippen LogP contribution >= 0.6 is 0 Å². The number of rotatable bonds is 8. The van der Waals surface area contributed by atoms with Gasteiger partial charge in [-0.15, -0.1) is 0 Å². The first-order chi connectivity index (χ1) is 14.7. The summed E-state index contributed by atoms with van der Waals surface area (Å²) < 4.78 is 27.0. The minimum atomic E-state index is -3.61. The molecular formula is C22H25N5O3S. The van der Waals surface area contributed by atoms with Crippen molar-refractivity contribution in [1.82, 2.24) is 20.0 Å². The van der Waals surface area contributed by atoms with E-state index in [2.05, 4.69) is 25.3 Å². The summed E-state index contributed by atoms with van der Waals surface area (Å²) in [5, 5.41) is 5.81. The van der Waals surface area contributed by atoms with E-state index in [1.54, 1.807) is 42.5 Å². The number of hydrogen-bond acceptors (Lipinski definition) is 6. The smallest absolute Gasteiger partial charge is 0.251 e. The molecule has 3 aromatic rings. The number of carbonyl (C=O) groups is 1. The number of amides is 1. The molecule has 0 aliphatic carbocycles. The van der Waals surface area contributed by atoms with Gasteiger partial charge in [-0.3, -0.25) is 4.79 Å². The van der Waals surface area contributed by atoms with E-state index in [0.29, 0.717) is 17.2 Å². The van der Waals surface area contributed by atoms with Crippen LogP contribution in [0.1, 0.15) is 27.3 Å². The predicted molar refractivity (Wildman–Crippen MR) is 120 cm³/mol. The molecule has 0 spiro atoms. The van der Waals surface area contributed by atoms with Crippen LogP contribution in [-0.4, -0.2) is 37.4 Å². The molecule has 162 valence electrons. The van der Waals surface area contributed by atoms with Gasteiger partial charge in [0.05, 0.1) is 4.90 Å². The number of hydrogen-bond donors (Lipinski definition) is 3. The molecule has 0 atom stereocenters. The monoisotopic (exact) mass is 439 g/mol. The van der Waals surface area contributed by atoms with Gasteiger partial charge in [-0.05, 0) is 57.2 Å². The van der Waals surface area contributed by atoms with Crippen molar-refractivity contribution >= 4 is 27.6 Å². The molecule has 0 aliphatic heterocycles. The molecule has 3 rings (SSSR count). The second kappa shape index (κ2) is 9.67. The maximum atomic E-state index is 12.4. The van der Waals surface area contributed by atoms with Crippen LogP contribution < -0.4 is 15.4 Å². The molecule has 2 aromatic carbocycles. The average Bonchev–Trinajstić information content (AvgIpc) is 2.71. The Morgan fingerprint density at radius 1 is 0.903 bits per heavy atom. The lowest BCUT2D eigenvalue weighted by Crippen LogP contribution is -2.34. The predicted octanol–water partition coefficient (Wildman–Crippen LogP) is 2.85. The first-order valence-electron chi connectivity index (χ1n) is 9.77. The van der Waals surface area contributed by atoms with E-state index in [4.69, 9.17) is 0 Å². The van der Waals surface area contributed by atoms with Crippen molar-refractivity contribution in [1.29, 1.82) is 0 Å². The van der Waals surface area contributed by atoms with Crippen LogP contribution in [0.15, 0.2) is 59.5 Å². The number of aryl methyl sites for hydroxylation is 3. The Kier molecular flexibility index (Phi) is 6.98. The lowest BCUT2D eigenvalue weighted by molar-refractivity contribution is 0.0954.